The fourth-order valence-electron chi connectivity index (χ4n) is 4.95. The maximum atomic E-state index is 6.19. The Hall–Kier alpha value is -2.58. The van der Waals surface area contributed by atoms with Crippen LogP contribution < -0.4 is 0 Å². The molecule has 0 radical (unpaired) electrons. The van der Waals surface area contributed by atoms with Crippen molar-refractivity contribution in [2.75, 3.05) is 26.4 Å². The highest BCUT2D eigenvalue weighted by atomic mass is 16.5. The van der Waals surface area contributed by atoms with E-state index in [1.165, 1.54) is 0 Å². The first kappa shape index (κ1) is 27.0. The van der Waals surface area contributed by atoms with E-state index < -0.39 is 0 Å². The van der Waals surface area contributed by atoms with Gasteiger partial charge in [-0.1, -0.05) is 55.4 Å². The molecule has 1 aromatic carbocycles. The highest BCUT2D eigenvalue weighted by Crippen LogP contribution is 2.31. The molecule has 5 rings (SSSR count). The van der Waals surface area contributed by atoms with Crippen molar-refractivity contribution in [3.8, 4) is 0 Å². The van der Waals surface area contributed by atoms with Crippen LogP contribution in [0, 0.1) is 23.7 Å². The van der Waals surface area contributed by atoms with Gasteiger partial charge in [0.05, 0.1) is 36.7 Å². The first-order valence-electron chi connectivity index (χ1n) is 14.1. The minimum Gasteiger partial charge on any atom is -0.475 e. The molecule has 0 saturated carbocycles. The maximum Gasteiger partial charge on any atom is 0.217 e. The second kappa shape index (κ2) is 10.9. The summed E-state index contributed by atoms with van der Waals surface area (Å²) in [4.78, 5) is 19.9. The van der Waals surface area contributed by atoms with Crippen LogP contribution in [0.2, 0.25) is 0 Å². The average Bonchev–Trinajstić information content (AvgIpc) is 3.69. The van der Waals surface area contributed by atoms with E-state index in [4.69, 9.17) is 38.9 Å². The number of ether oxygens (including phenoxy) is 4. The molecule has 8 nitrogen and oxygen atoms in total. The molecule has 0 fully saturated rings. The zero-order valence-electron chi connectivity index (χ0n) is 24.0. The summed E-state index contributed by atoms with van der Waals surface area (Å²) in [6.45, 7) is 19.2. The van der Waals surface area contributed by atoms with Crippen LogP contribution in [0.15, 0.2) is 32.1 Å². The molecule has 0 N–H and O–H groups in total. The molecule has 4 atom stereocenters. The van der Waals surface area contributed by atoms with Crippen LogP contribution in [0.25, 0.3) is 0 Å². The molecule has 0 amide bonds. The van der Waals surface area contributed by atoms with E-state index in [1.54, 1.807) is 0 Å². The molecule has 0 saturated heterocycles. The Balaban J connectivity index is 1.69. The van der Waals surface area contributed by atoms with E-state index in [0.29, 0.717) is 50.1 Å². The van der Waals surface area contributed by atoms with Gasteiger partial charge in [0, 0.05) is 22.3 Å². The first-order valence-corrected chi connectivity index (χ1v) is 14.1. The van der Waals surface area contributed by atoms with Crippen molar-refractivity contribution in [3.05, 3.63) is 34.4 Å². The van der Waals surface area contributed by atoms with Gasteiger partial charge in [-0.25, -0.2) is 9.98 Å². The average molecular weight is 523 g/mol. The summed E-state index contributed by atoms with van der Waals surface area (Å²) in [5.74, 6) is 2.62. The van der Waals surface area contributed by atoms with E-state index in [1.807, 2.05) is 0 Å². The van der Waals surface area contributed by atoms with Crippen molar-refractivity contribution >= 4 is 23.2 Å². The van der Waals surface area contributed by atoms with E-state index in [9.17, 15) is 0 Å². The zero-order valence-corrected chi connectivity index (χ0v) is 24.0. The van der Waals surface area contributed by atoms with Crippen molar-refractivity contribution in [2.24, 2.45) is 43.6 Å². The fourth-order valence-corrected chi connectivity index (χ4v) is 4.95. The number of benzene rings is 1. The third kappa shape index (κ3) is 5.30. The Morgan fingerprint density at radius 1 is 0.553 bits per heavy atom. The topological polar surface area (TPSA) is 86.4 Å². The summed E-state index contributed by atoms with van der Waals surface area (Å²) in [6.07, 6.45) is -0.322. The fraction of sp³-hybridized carbons (Fsp3) is 0.667. The van der Waals surface area contributed by atoms with Crippen molar-refractivity contribution in [1.29, 1.82) is 0 Å². The molecule has 0 unspecified atom stereocenters. The Kier molecular flexibility index (Phi) is 7.74. The van der Waals surface area contributed by atoms with Gasteiger partial charge in [0.1, 0.15) is 13.2 Å². The molecular formula is C30H42N4O4. The second-order valence-corrected chi connectivity index (χ2v) is 12.1. The molecule has 0 aromatic heterocycles. The molecule has 1 aromatic rings. The van der Waals surface area contributed by atoms with Gasteiger partial charge in [0.2, 0.25) is 11.8 Å². The lowest BCUT2D eigenvalue weighted by Crippen LogP contribution is -2.19. The standard InChI is InChI=1S/C30H42N4O4/c1-15(2)23-11-37-29(31-23)21-9-19(25-13-35-27(33-25)17(5)6)20(26-14-36-28(34-26)18(7)8)10-22(21)30-32-24(12-38-30)16(3)4/h9-10,15-18,23-24,27-28H,11-14H2,1-8H3/t23-,24-,27-,28-/m1/s1. The molecule has 0 bridgehead atoms. The highest BCUT2D eigenvalue weighted by molar-refractivity contribution is 6.18. The van der Waals surface area contributed by atoms with Gasteiger partial charge < -0.3 is 18.9 Å². The van der Waals surface area contributed by atoms with Crippen LogP contribution in [-0.2, 0) is 18.9 Å². The normalized spacial score (nSPS) is 27.3. The molecule has 4 aliphatic rings. The third-order valence-electron chi connectivity index (χ3n) is 7.62. The third-order valence-corrected chi connectivity index (χ3v) is 7.62. The SMILES string of the molecule is CC(C)[C@@H]1N=C(c2cc(C3=N[C@@H](C(C)C)CO3)c(C3=N[C@@H](C(C)C)CO3)cc2C2=N[C@@H](C(C)C)OC2)CO1. The Morgan fingerprint density at radius 3 is 1.24 bits per heavy atom. The van der Waals surface area contributed by atoms with Gasteiger partial charge >= 0.3 is 0 Å². The lowest BCUT2D eigenvalue weighted by atomic mass is 9.92. The Labute approximate surface area is 226 Å². The van der Waals surface area contributed by atoms with Crippen LogP contribution in [0.1, 0.15) is 77.6 Å². The van der Waals surface area contributed by atoms with E-state index in [0.717, 1.165) is 33.7 Å². The molecule has 8 heteroatoms. The first-order chi connectivity index (χ1) is 18.1. The number of hydrogen-bond donors (Lipinski definition) is 0. The summed E-state index contributed by atoms with van der Waals surface area (Å²) < 4.78 is 24.5. The Bertz CT molecular complexity index is 1000. The molecule has 206 valence electrons. The lowest BCUT2D eigenvalue weighted by molar-refractivity contribution is 0.0728. The molecule has 4 heterocycles. The number of rotatable bonds is 8. The van der Waals surface area contributed by atoms with Crippen LogP contribution in [0.4, 0.5) is 0 Å². The second-order valence-electron chi connectivity index (χ2n) is 12.1. The van der Waals surface area contributed by atoms with Crippen LogP contribution >= 0.6 is 0 Å². The largest absolute Gasteiger partial charge is 0.475 e. The predicted octanol–water partition coefficient (Wildman–Crippen LogP) is 4.89. The van der Waals surface area contributed by atoms with Gasteiger partial charge in [-0.05, 0) is 35.8 Å². The van der Waals surface area contributed by atoms with Crippen molar-refractivity contribution in [2.45, 2.75) is 79.9 Å². The van der Waals surface area contributed by atoms with Gasteiger partial charge in [0.15, 0.2) is 12.5 Å². The summed E-state index contributed by atoms with van der Waals surface area (Å²) in [5, 5.41) is 0. The molecule has 4 aliphatic heterocycles. The smallest absolute Gasteiger partial charge is 0.217 e. The van der Waals surface area contributed by atoms with E-state index in [2.05, 4.69) is 67.5 Å². The number of nitrogens with zero attached hydrogens (tertiary/aromatic N) is 4. The minimum absolute atomic E-state index is 0.118. The van der Waals surface area contributed by atoms with Crippen LogP contribution in [0.3, 0.4) is 0 Å². The van der Waals surface area contributed by atoms with Crippen LogP contribution in [0.5, 0.6) is 0 Å². The summed E-state index contributed by atoms with van der Waals surface area (Å²) in [5.41, 5.74) is 5.55. The van der Waals surface area contributed by atoms with E-state index >= 15 is 0 Å². The van der Waals surface area contributed by atoms with Gasteiger partial charge in [-0.3, -0.25) is 9.98 Å². The Morgan fingerprint density at radius 2 is 0.947 bits per heavy atom. The number of hydrogen-bond acceptors (Lipinski definition) is 8. The molecule has 38 heavy (non-hydrogen) atoms. The van der Waals surface area contributed by atoms with Crippen molar-refractivity contribution < 1.29 is 18.9 Å². The minimum atomic E-state index is -0.161. The van der Waals surface area contributed by atoms with Crippen LogP contribution in [-0.4, -0.2) is 74.2 Å². The summed E-state index contributed by atoms with van der Waals surface area (Å²) in [7, 11) is 0. The molecule has 0 aliphatic carbocycles. The molecule has 0 spiro atoms. The highest BCUT2D eigenvalue weighted by Gasteiger charge is 2.34. The zero-order chi connectivity index (χ0) is 27.1. The van der Waals surface area contributed by atoms with E-state index in [-0.39, 0.29) is 36.4 Å². The summed E-state index contributed by atoms with van der Waals surface area (Å²) in [6, 6.07) is 4.51. The van der Waals surface area contributed by atoms with Gasteiger partial charge in [-0.15, -0.1) is 0 Å². The van der Waals surface area contributed by atoms with Gasteiger partial charge in [0.25, 0.3) is 0 Å². The van der Waals surface area contributed by atoms with Gasteiger partial charge in [-0.2, -0.15) is 0 Å². The maximum absolute atomic E-state index is 6.19. The number of aliphatic imine (C=N–C) groups is 4. The quantitative estimate of drug-likeness (QED) is 0.486. The monoisotopic (exact) mass is 522 g/mol. The molecular weight excluding hydrogens is 480 g/mol. The predicted molar refractivity (Wildman–Crippen MR) is 151 cm³/mol. The van der Waals surface area contributed by atoms with Crippen molar-refractivity contribution in [1.82, 2.24) is 0 Å². The summed E-state index contributed by atoms with van der Waals surface area (Å²) >= 11 is 0. The lowest BCUT2D eigenvalue weighted by Gasteiger charge is -2.16. The van der Waals surface area contributed by atoms with Crippen molar-refractivity contribution in [3.63, 3.8) is 0 Å².